The van der Waals surface area contributed by atoms with Gasteiger partial charge in [0.15, 0.2) is 0 Å². The Morgan fingerprint density at radius 2 is 1.80 bits per heavy atom. The Kier molecular flexibility index (Phi) is 8.89. The molecule has 0 saturated carbocycles. The lowest BCUT2D eigenvalue weighted by molar-refractivity contribution is -0.114. The minimum atomic E-state index is -1.05. The molecule has 84 valence electrons. The molecule has 0 aliphatic heterocycles. The summed E-state index contributed by atoms with van der Waals surface area (Å²) in [6.45, 7) is 1.46. The van der Waals surface area contributed by atoms with Gasteiger partial charge in [0, 0.05) is 16.6 Å². The topological polar surface area (TPSA) is 34.1 Å². The number of halogens is 1. The predicted octanol–water partition coefficient (Wildman–Crippen LogP) is 2.58. The molecule has 0 amide bonds. The van der Waals surface area contributed by atoms with Crippen LogP contribution in [0.2, 0.25) is 0 Å². The van der Waals surface area contributed by atoms with Crippen molar-refractivity contribution in [2.75, 3.05) is 10.7 Å². The average molecular weight is 338 g/mol. The molecule has 0 aliphatic carbocycles. The van der Waals surface area contributed by atoms with Crippen LogP contribution in [0.15, 0.2) is 30.3 Å². The van der Waals surface area contributed by atoms with Gasteiger partial charge in [-0.2, -0.15) is 0 Å². The SMILES string of the molecule is CC(=O)CS(=O)Cc1ccccc1.CI. The summed E-state index contributed by atoms with van der Waals surface area (Å²) in [7, 11) is -1.05. The highest BCUT2D eigenvalue weighted by molar-refractivity contribution is 14.1. The zero-order valence-corrected chi connectivity index (χ0v) is 11.9. The first-order chi connectivity index (χ1) is 7.18. The highest BCUT2D eigenvalue weighted by Crippen LogP contribution is 2.02. The third-order valence-corrected chi connectivity index (χ3v) is 2.92. The van der Waals surface area contributed by atoms with E-state index >= 15 is 0 Å². The van der Waals surface area contributed by atoms with Crippen molar-refractivity contribution in [3.63, 3.8) is 0 Å². The van der Waals surface area contributed by atoms with Crippen LogP contribution >= 0.6 is 22.6 Å². The fraction of sp³-hybridized carbons (Fsp3) is 0.364. The number of carbonyl (C=O) groups is 1. The molecule has 0 aromatic heterocycles. The van der Waals surface area contributed by atoms with Crippen LogP contribution in [-0.4, -0.2) is 20.7 Å². The van der Waals surface area contributed by atoms with E-state index in [9.17, 15) is 9.00 Å². The van der Waals surface area contributed by atoms with Crippen LogP contribution in [0.5, 0.6) is 0 Å². The summed E-state index contributed by atoms with van der Waals surface area (Å²) in [5.74, 6) is 0.615. The molecule has 0 radical (unpaired) electrons. The monoisotopic (exact) mass is 338 g/mol. The average Bonchev–Trinajstić information content (AvgIpc) is 2.21. The van der Waals surface area contributed by atoms with Gasteiger partial charge < -0.3 is 0 Å². The molecule has 0 N–H and O–H groups in total. The minimum absolute atomic E-state index is 0.0192. The van der Waals surface area contributed by atoms with E-state index in [4.69, 9.17) is 0 Å². The van der Waals surface area contributed by atoms with Crippen molar-refractivity contribution in [1.82, 2.24) is 0 Å². The smallest absolute Gasteiger partial charge is 0.142 e. The normalized spacial score (nSPS) is 11.1. The van der Waals surface area contributed by atoms with Gasteiger partial charge in [0.25, 0.3) is 0 Å². The number of ketones is 1. The Hall–Kier alpha value is -0.230. The fourth-order valence-corrected chi connectivity index (χ4v) is 2.16. The maximum atomic E-state index is 11.3. The second-order valence-corrected chi connectivity index (χ2v) is 4.37. The summed E-state index contributed by atoms with van der Waals surface area (Å²) >= 11 is 2.15. The second kappa shape index (κ2) is 9.03. The van der Waals surface area contributed by atoms with E-state index < -0.39 is 10.8 Å². The lowest BCUT2D eigenvalue weighted by atomic mass is 10.2. The molecule has 0 fully saturated rings. The molecule has 0 bridgehead atoms. The minimum Gasteiger partial charge on any atom is -0.299 e. The molecule has 1 aromatic carbocycles. The summed E-state index contributed by atoms with van der Waals surface area (Å²) in [5.41, 5.74) is 1.02. The Morgan fingerprint density at radius 1 is 1.27 bits per heavy atom. The van der Waals surface area contributed by atoms with Crippen LogP contribution in [0.4, 0.5) is 0 Å². The van der Waals surface area contributed by atoms with Gasteiger partial charge in [-0.1, -0.05) is 52.9 Å². The van der Waals surface area contributed by atoms with Crippen molar-refractivity contribution in [3.8, 4) is 0 Å². The van der Waals surface area contributed by atoms with Crippen LogP contribution in [0, 0.1) is 0 Å². The van der Waals surface area contributed by atoms with Crippen LogP contribution in [0.3, 0.4) is 0 Å². The van der Waals surface area contributed by atoms with Gasteiger partial charge in [-0.05, 0) is 17.4 Å². The Balaban J connectivity index is 0.000000921. The number of Topliss-reactive ketones (excluding diaryl/α,β-unsaturated/α-hetero) is 1. The first-order valence-electron chi connectivity index (χ1n) is 4.44. The molecular formula is C11H15IO2S. The summed E-state index contributed by atoms with van der Waals surface area (Å²) in [4.78, 5) is 12.6. The van der Waals surface area contributed by atoms with Crippen molar-refractivity contribution in [2.24, 2.45) is 0 Å². The number of hydrogen-bond acceptors (Lipinski definition) is 2. The molecule has 0 spiro atoms. The Morgan fingerprint density at radius 3 is 2.27 bits per heavy atom. The maximum Gasteiger partial charge on any atom is 0.142 e. The van der Waals surface area contributed by atoms with Crippen LogP contribution in [0.25, 0.3) is 0 Å². The van der Waals surface area contributed by atoms with Gasteiger partial charge in [0.2, 0.25) is 0 Å². The quantitative estimate of drug-likeness (QED) is 0.625. The molecule has 1 aromatic rings. The van der Waals surface area contributed by atoms with Gasteiger partial charge >= 0.3 is 0 Å². The number of alkyl halides is 1. The van der Waals surface area contributed by atoms with E-state index in [2.05, 4.69) is 22.6 Å². The molecular weight excluding hydrogens is 323 g/mol. The number of carbonyl (C=O) groups excluding carboxylic acids is 1. The maximum absolute atomic E-state index is 11.3. The molecule has 2 nitrogen and oxygen atoms in total. The fourth-order valence-electron chi connectivity index (χ4n) is 1.04. The van der Waals surface area contributed by atoms with Crippen molar-refractivity contribution >= 4 is 39.2 Å². The third-order valence-electron chi connectivity index (χ3n) is 1.53. The predicted molar refractivity (Wildman–Crippen MR) is 73.8 cm³/mol. The molecule has 0 saturated heterocycles. The van der Waals surface area contributed by atoms with Gasteiger partial charge in [-0.25, -0.2) is 0 Å². The summed E-state index contributed by atoms with van der Waals surface area (Å²) in [5, 5.41) is 0. The van der Waals surface area contributed by atoms with E-state index in [0.29, 0.717) is 5.75 Å². The van der Waals surface area contributed by atoms with E-state index in [-0.39, 0.29) is 11.5 Å². The van der Waals surface area contributed by atoms with E-state index in [1.807, 2.05) is 35.3 Å². The van der Waals surface area contributed by atoms with Crippen molar-refractivity contribution in [1.29, 1.82) is 0 Å². The van der Waals surface area contributed by atoms with Crippen molar-refractivity contribution < 1.29 is 9.00 Å². The summed E-state index contributed by atoms with van der Waals surface area (Å²) < 4.78 is 11.3. The number of hydrogen-bond donors (Lipinski definition) is 0. The first-order valence-corrected chi connectivity index (χ1v) is 8.09. The molecule has 0 heterocycles. The second-order valence-electron chi connectivity index (χ2n) is 2.92. The lowest BCUT2D eigenvalue weighted by Crippen LogP contribution is -2.08. The van der Waals surface area contributed by atoms with Crippen LogP contribution in [-0.2, 0) is 21.3 Å². The third kappa shape index (κ3) is 7.67. The summed E-state index contributed by atoms with van der Waals surface area (Å²) in [6.07, 6.45) is 0. The first kappa shape index (κ1) is 14.8. The van der Waals surface area contributed by atoms with Crippen molar-refractivity contribution in [3.05, 3.63) is 35.9 Å². The molecule has 15 heavy (non-hydrogen) atoms. The summed E-state index contributed by atoms with van der Waals surface area (Å²) in [6, 6.07) is 9.55. The van der Waals surface area contributed by atoms with E-state index in [1.54, 1.807) is 0 Å². The molecule has 1 atom stereocenters. The van der Waals surface area contributed by atoms with Crippen LogP contribution < -0.4 is 0 Å². The standard InChI is InChI=1S/C10H12O2S.CH3I/c1-9(11)7-13(12)8-10-5-3-2-4-6-10;1-2/h2-6H,7-8H2,1H3;1H3. The molecule has 4 heteroatoms. The van der Waals surface area contributed by atoms with Gasteiger partial charge in [0.05, 0.1) is 5.75 Å². The molecule has 0 aliphatic rings. The number of benzene rings is 1. The van der Waals surface area contributed by atoms with Crippen molar-refractivity contribution in [2.45, 2.75) is 12.7 Å². The van der Waals surface area contributed by atoms with E-state index in [0.717, 1.165) is 5.56 Å². The van der Waals surface area contributed by atoms with Gasteiger partial charge in [-0.3, -0.25) is 9.00 Å². The molecule has 1 unspecified atom stereocenters. The largest absolute Gasteiger partial charge is 0.299 e. The Bertz CT molecular complexity index is 312. The zero-order valence-electron chi connectivity index (χ0n) is 8.90. The highest BCUT2D eigenvalue weighted by atomic mass is 127. The Labute approximate surface area is 107 Å². The van der Waals surface area contributed by atoms with Crippen LogP contribution in [0.1, 0.15) is 12.5 Å². The number of rotatable bonds is 4. The van der Waals surface area contributed by atoms with Gasteiger partial charge in [0.1, 0.15) is 5.78 Å². The molecule has 1 rings (SSSR count). The highest BCUT2D eigenvalue weighted by Gasteiger charge is 2.03. The van der Waals surface area contributed by atoms with Gasteiger partial charge in [-0.15, -0.1) is 0 Å². The lowest BCUT2D eigenvalue weighted by Gasteiger charge is -1.99. The zero-order chi connectivity index (χ0) is 11.7. The van der Waals surface area contributed by atoms with E-state index in [1.165, 1.54) is 6.92 Å².